The number of thioether (sulfide) groups is 1. The minimum atomic E-state index is 0.319. The van der Waals surface area contributed by atoms with Gasteiger partial charge in [-0.1, -0.05) is 6.07 Å². The Kier molecular flexibility index (Phi) is 2.96. The maximum atomic E-state index is 5.93. The molecule has 1 aromatic rings. The molecule has 0 saturated carbocycles. The molecule has 1 fully saturated rings. The van der Waals surface area contributed by atoms with E-state index in [1.807, 2.05) is 11.3 Å². The molecule has 0 aromatic carbocycles. The maximum Gasteiger partial charge on any atom is 0.0185 e. The lowest BCUT2D eigenvalue weighted by Gasteiger charge is -2.35. The van der Waals surface area contributed by atoms with E-state index in [9.17, 15) is 0 Å². The summed E-state index contributed by atoms with van der Waals surface area (Å²) in [5.41, 5.74) is 6.25. The van der Waals surface area contributed by atoms with Gasteiger partial charge in [-0.15, -0.1) is 11.3 Å². The zero-order chi connectivity index (χ0) is 9.15. The Bertz CT molecular complexity index is 250. The summed E-state index contributed by atoms with van der Waals surface area (Å²) in [6.45, 7) is 0.814. The topological polar surface area (TPSA) is 26.0 Å². The number of hydrogen-bond acceptors (Lipinski definition) is 3. The Hall–Kier alpha value is 0.01000. The molecular weight excluding hydrogens is 198 g/mol. The third-order valence-corrected chi connectivity index (χ3v) is 4.99. The lowest BCUT2D eigenvalue weighted by atomic mass is 9.80. The molecule has 1 aliphatic rings. The molecule has 2 N–H and O–H groups in total. The monoisotopic (exact) mass is 213 g/mol. The van der Waals surface area contributed by atoms with Crippen LogP contribution in [0.25, 0.3) is 0 Å². The first-order chi connectivity index (χ1) is 6.37. The molecule has 0 aliphatic carbocycles. The third-order valence-electron chi connectivity index (χ3n) is 2.88. The maximum absolute atomic E-state index is 5.93. The Morgan fingerprint density at radius 1 is 1.38 bits per heavy atom. The second kappa shape index (κ2) is 4.03. The van der Waals surface area contributed by atoms with Crippen molar-refractivity contribution in [3.63, 3.8) is 0 Å². The van der Waals surface area contributed by atoms with Gasteiger partial charge in [0.2, 0.25) is 0 Å². The molecular formula is C10H15NS2. The zero-order valence-corrected chi connectivity index (χ0v) is 9.29. The molecule has 1 saturated heterocycles. The van der Waals surface area contributed by atoms with E-state index < -0.39 is 0 Å². The molecule has 72 valence electrons. The number of thiophene rings is 1. The van der Waals surface area contributed by atoms with Gasteiger partial charge in [0.15, 0.2) is 0 Å². The first kappa shape index (κ1) is 9.56. The highest BCUT2D eigenvalue weighted by Crippen LogP contribution is 2.39. The van der Waals surface area contributed by atoms with Crippen LogP contribution in [0, 0.1) is 0 Å². The van der Waals surface area contributed by atoms with Crippen molar-refractivity contribution in [2.75, 3.05) is 18.1 Å². The van der Waals surface area contributed by atoms with E-state index in [2.05, 4.69) is 29.3 Å². The molecule has 2 heterocycles. The average molecular weight is 213 g/mol. The van der Waals surface area contributed by atoms with Crippen LogP contribution in [-0.4, -0.2) is 18.1 Å². The van der Waals surface area contributed by atoms with Crippen LogP contribution >= 0.6 is 23.1 Å². The summed E-state index contributed by atoms with van der Waals surface area (Å²) >= 11 is 3.92. The van der Waals surface area contributed by atoms with Gasteiger partial charge >= 0.3 is 0 Å². The average Bonchev–Trinajstić information content (AvgIpc) is 2.72. The molecule has 13 heavy (non-hydrogen) atoms. The van der Waals surface area contributed by atoms with Gasteiger partial charge in [-0.25, -0.2) is 0 Å². The number of rotatable bonds is 2. The summed E-state index contributed by atoms with van der Waals surface area (Å²) in [6, 6.07) is 4.38. The summed E-state index contributed by atoms with van der Waals surface area (Å²) in [4.78, 5) is 1.50. The van der Waals surface area contributed by atoms with Crippen molar-refractivity contribution in [2.45, 2.75) is 18.3 Å². The fourth-order valence-corrected chi connectivity index (χ4v) is 4.17. The molecule has 0 spiro atoms. The normalized spacial score (nSPS) is 21.6. The van der Waals surface area contributed by atoms with Gasteiger partial charge in [-0.2, -0.15) is 11.8 Å². The molecule has 2 rings (SSSR count). The predicted molar refractivity (Wildman–Crippen MR) is 61.6 cm³/mol. The van der Waals surface area contributed by atoms with Crippen LogP contribution in [0.2, 0.25) is 0 Å². The molecule has 0 atom stereocenters. The molecule has 0 bridgehead atoms. The quantitative estimate of drug-likeness (QED) is 0.817. The second-order valence-corrected chi connectivity index (χ2v) is 5.75. The molecule has 1 aromatic heterocycles. The summed E-state index contributed by atoms with van der Waals surface area (Å²) in [5.74, 6) is 2.55. The summed E-state index contributed by atoms with van der Waals surface area (Å²) < 4.78 is 0. The smallest absolute Gasteiger partial charge is 0.0185 e. The minimum Gasteiger partial charge on any atom is -0.330 e. The van der Waals surface area contributed by atoms with Crippen LogP contribution in [0.3, 0.4) is 0 Å². The van der Waals surface area contributed by atoms with E-state index in [-0.39, 0.29) is 0 Å². The lowest BCUT2D eigenvalue weighted by Crippen LogP contribution is -2.37. The van der Waals surface area contributed by atoms with Crippen molar-refractivity contribution in [3.8, 4) is 0 Å². The van der Waals surface area contributed by atoms with Crippen LogP contribution < -0.4 is 5.73 Å². The van der Waals surface area contributed by atoms with Crippen LogP contribution in [-0.2, 0) is 5.41 Å². The first-order valence-electron chi connectivity index (χ1n) is 4.69. The fraction of sp³-hybridized carbons (Fsp3) is 0.600. The lowest BCUT2D eigenvalue weighted by molar-refractivity contribution is 0.413. The Morgan fingerprint density at radius 2 is 2.15 bits per heavy atom. The van der Waals surface area contributed by atoms with Crippen molar-refractivity contribution in [1.82, 2.24) is 0 Å². The second-order valence-electron chi connectivity index (χ2n) is 3.57. The van der Waals surface area contributed by atoms with Gasteiger partial charge in [0.05, 0.1) is 0 Å². The minimum absolute atomic E-state index is 0.319. The van der Waals surface area contributed by atoms with Crippen molar-refractivity contribution >= 4 is 23.1 Å². The van der Waals surface area contributed by atoms with Gasteiger partial charge in [0, 0.05) is 16.8 Å². The molecule has 1 aliphatic heterocycles. The summed E-state index contributed by atoms with van der Waals surface area (Å²) in [7, 11) is 0. The van der Waals surface area contributed by atoms with Gasteiger partial charge in [0.25, 0.3) is 0 Å². The molecule has 1 nitrogen and oxygen atoms in total. The van der Waals surface area contributed by atoms with Crippen LogP contribution in [0.4, 0.5) is 0 Å². The standard InChI is InChI=1S/C10H15NS2/c11-8-10(3-6-12-7-4-10)9-2-1-5-13-9/h1-2,5H,3-4,6-8,11H2. The number of hydrogen-bond donors (Lipinski definition) is 1. The zero-order valence-electron chi connectivity index (χ0n) is 7.66. The Labute approximate surface area is 87.7 Å². The van der Waals surface area contributed by atoms with Crippen LogP contribution in [0.15, 0.2) is 17.5 Å². The SMILES string of the molecule is NCC1(c2cccs2)CCSCC1. The highest BCUT2D eigenvalue weighted by atomic mass is 32.2. The van der Waals surface area contributed by atoms with Crippen molar-refractivity contribution in [1.29, 1.82) is 0 Å². The van der Waals surface area contributed by atoms with E-state index in [1.54, 1.807) is 0 Å². The van der Waals surface area contributed by atoms with Crippen LogP contribution in [0.1, 0.15) is 17.7 Å². The first-order valence-corrected chi connectivity index (χ1v) is 6.73. The molecule has 3 heteroatoms. The third kappa shape index (κ3) is 1.78. The largest absolute Gasteiger partial charge is 0.330 e. The van der Waals surface area contributed by atoms with Crippen molar-refractivity contribution in [3.05, 3.63) is 22.4 Å². The molecule has 0 radical (unpaired) electrons. The number of nitrogens with two attached hydrogens (primary N) is 1. The van der Waals surface area contributed by atoms with Gasteiger partial charge < -0.3 is 5.73 Å². The van der Waals surface area contributed by atoms with E-state index in [0.717, 1.165) is 6.54 Å². The summed E-state index contributed by atoms with van der Waals surface area (Å²) in [5, 5.41) is 2.16. The molecule has 0 amide bonds. The predicted octanol–water partition coefficient (Wildman–Crippen LogP) is 2.47. The van der Waals surface area contributed by atoms with E-state index in [0.29, 0.717) is 5.41 Å². The summed E-state index contributed by atoms with van der Waals surface area (Å²) in [6.07, 6.45) is 2.52. The van der Waals surface area contributed by atoms with Crippen molar-refractivity contribution < 1.29 is 0 Å². The van der Waals surface area contributed by atoms with Crippen LogP contribution in [0.5, 0.6) is 0 Å². The Balaban J connectivity index is 2.23. The molecule has 0 unspecified atom stereocenters. The van der Waals surface area contributed by atoms with E-state index in [1.165, 1.54) is 29.2 Å². The van der Waals surface area contributed by atoms with E-state index >= 15 is 0 Å². The highest BCUT2D eigenvalue weighted by molar-refractivity contribution is 7.99. The van der Waals surface area contributed by atoms with Crippen molar-refractivity contribution in [2.24, 2.45) is 5.73 Å². The van der Waals surface area contributed by atoms with E-state index in [4.69, 9.17) is 5.73 Å². The highest BCUT2D eigenvalue weighted by Gasteiger charge is 2.33. The van der Waals surface area contributed by atoms with Gasteiger partial charge in [-0.05, 0) is 35.8 Å². The van der Waals surface area contributed by atoms with Gasteiger partial charge in [-0.3, -0.25) is 0 Å². The van der Waals surface area contributed by atoms with Gasteiger partial charge in [0.1, 0.15) is 0 Å². The Morgan fingerprint density at radius 3 is 2.69 bits per heavy atom. The fourth-order valence-electron chi connectivity index (χ4n) is 1.89.